The molecular formula is C15H27NO3. The van der Waals surface area contributed by atoms with Gasteiger partial charge in [-0.15, -0.1) is 0 Å². The molecule has 0 aliphatic rings. The third-order valence-electron chi connectivity index (χ3n) is 2.65. The number of esters is 1. The molecule has 0 rings (SSSR count). The zero-order chi connectivity index (χ0) is 14.7. The SMILES string of the molecule is CCCCCN(CCC(=O)OCC)C(=O)C=C(C)C. The summed E-state index contributed by atoms with van der Waals surface area (Å²) in [5, 5.41) is 0. The maximum absolute atomic E-state index is 12.0. The summed E-state index contributed by atoms with van der Waals surface area (Å²) < 4.78 is 4.89. The molecule has 0 aromatic heterocycles. The lowest BCUT2D eigenvalue weighted by atomic mass is 10.2. The molecule has 0 radical (unpaired) electrons. The van der Waals surface area contributed by atoms with Crippen LogP contribution in [-0.2, 0) is 14.3 Å². The van der Waals surface area contributed by atoms with Crippen LogP contribution in [0.3, 0.4) is 0 Å². The predicted octanol–water partition coefficient (Wildman–Crippen LogP) is 2.92. The van der Waals surface area contributed by atoms with Crippen LogP contribution in [0, 0.1) is 0 Å². The topological polar surface area (TPSA) is 46.6 Å². The first-order chi connectivity index (χ1) is 9.01. The molecule has 4 nitrogen and oxygen atoms in total. The lowest BCUT2D eigenvalue weighted by molar-refractivity contribution is -0.143. The summed E-state index contributed by atoms with van der Waals surface area (Å²) in [5.41, 5.74) is 0.974. The fourth-order valence-corrected chi connectivity index (χ4v) is 1.68. The molecule has 0 aliphatic carbocycles. The largest absolute Gasteiger partial charge is 0.466 e. The van der Waals surface area contributed by atoms with Crippen LogP contribution in [0.4, 0.5) is 0 Å². The summed E-state index contributed by atoms with van der Waals surface area (Å²) in [6, 6.07) is 0. The average Bonchev–Trinajstić information content (AvgIpc) is 2.32. The van der Waals surface area contributed by atoms with Crippen molar-refractivity contribution in [1.29, 1.82) is 0 Å². The van der Waals surface area contributed by atoms with Gasteiger partial charge in [-0.25, -0.2) is 0 Å². The normalized spacial score (nSPS) is 9.89. The second-order valence-electron chi connectivity index (χ2n) is 4.81. The molecule has 4 heteroatoms. The standard InChI is InChI=1S/C15H27NO3/c1-5-7-8-10-16(14(17)12-13(3)4)11-9-15(18)19-6-2/h12H,5-11H2,1-4H3. The van der Waals surface area contributed by atoms with E-state index in [2.05, 4.69) is 6.92 Å². The minimum Gasteiger partial charge on any atom is -0.466 e. The maximum atomic E-state index is 12.0. The molecule has 0 saturated carbocycles. The van der Waals surface area contributed by atoms with Gasteiger partial charge in [-0.1, -0.05) is 25.3 Å². The molecule has 0 fully saturated rings. The number of hydrogen-bond acceptors (Lipinski definition) is 3. The van der Waals surface area contributed by atoms with Crippen molar-refractivity contribution in [3.05, 3.63) is 11.6 Å². The molecule has 0 unspecified atom stereocenters. The van der Waals surface area contributed by atoms with E-state index < -0.39 is 0 Å². The van der Waals surface area contributed by atoms with Gasteiger partial charge in [0.1, 0.15) is 0 Å². The zero-order valence-electron chi connectivity index (χ0n) is 12.7. The number of rotatable bonds is 9. The van der Waals surface area contributed by atoms with E-state index in [9.17, 15) is 9.59 Å². The van der Waals surface area contributed by atoms with Crippen molar-refractivity contribution in [2.24, 2.45) is 0 Å². The van der Waals surface area contributed by atoms with E-state index in [1.807, 2.05) is 13.8 Å². The molecule has 110 valence electrons. The van der Waals surface area contributed by atoms with E-state index in [1.54, 1.807) is 17.9 Å². The Bertz CT molecular complexity index is 307. The number of allylic oxidation sites excluding steroid dienone is 1. The predicted molar refractivity (Wildman–Crippen MR) is 76.8 cm³/mol. The second kappa shape index (κ2) is 10.6. The van der Waals surface area contributed by atoms with Gasteiger partial charge in [-0.2, -0.15) is 0 Å². The van der Waals surface area contributed by atoms with Crippen LogP contribution >= 0.6 is 0 Å². The van der Waals surface area contributed by atoms with E-state index in [0.717, 1.165) is 24.8 Å². The monoisotopic (exact) mass is 269 g/mol. The minimum atomic E-state index is -0.243. The smallest absolute Gasteiger partial charge is 0.307 e. The summed E-state index contributed by atoms with van der Waals surface area (Å²) in [6.45, 7) is 9.23. The van der Waals surface area contributed by atoms with Crippen LogP contribution in [0.15, 0.2) is 11.6 Å². The number of ether oxygens (including phenoxy) is 1. The van der Waals surface area contributed by atoms with Crippen LogP contribution < -0.4 is 0 Å². The lowest BCUT2D eigenvalue weighted by Gasteiger charge is -2.21. The van der Waals surface area contributed by atoms with E-state index in [1.165, 1.54) is 0 Å². The van der Waals surface area contributed by atoms with Gasteiger partial charge in [0.2, 0.25) is 5.91 Å². The molecule has 0 aromatic rings. The lowest BCUT2D eigenvalue weighted by Crippen LogP contribution is -2.33. The highest BCUT2D eigenvalue weighted by molar-refractivity contribution is 5.88. The minimum absolute atomic E-state index is 0.0135. The van der Waals surface area contributed by atoms with E-state index >= 15 is 0 Å². The Morgan fingerprint density at radius 1 is 1.11 bits per heavy atom. The van der Waals surface area contributed by atoms with Crippen LogP contribution in [-0.4, -0.2) is 36.5 Å². The van der Waals surface area contributed by atoms with Crippen LogP contribution in [0.25, 0.3) is 0 Å². The van der Waals surface area contributed by atoms with Gasteiger partial charge in [-0.3, -0.25) is 9.59 Å². The van der Waals surface area contributed by atoms with Crippen molar-refractivity contribution < 1.29 is 14.3 Å². The first-order valence-electron chi connectivity index (χ1n) is 7.10. The number of hydrogen-bond donors (Lipinski definition) is 0. The van der Waals surface area contributed by atoms with Crippen molar-refractivity contribution in [3.8, 4) is 0 Å². The van der Waals surface area contributed by atoms with Crippen molar-refractivity contribution in [3.63, 3.8) is 0 Å². The Kier molecular flexibility index (Phi) is 9.85. The molecule has 0 spiro atoms. The molecule has 0 aromatic carbocycles. The van der Waals surface area contributed by atoms with Crippen molar-refractivity contribution in [2.75, 3.05) is 19.7 Å². The van der Waals surface area contributed by atoms with Gasteiger partial charge in [0.05, 0.1) is 13.0 Å². The molecule has 0 saturated heterocycles. The molecule has 0 atom stereocenters. The molecule has 19 heavy (non-hydrogen) atoms. The third kappa shape index (κ3) is 9.28. The highest BCUT2D eigenvalue weighted by Gasteiger charge is 2.13. The zero-order valence-corrected chi connectivity index (χ0v) is 12.7. The summed E-state index contributed by atoms with van der Waals surface area (Å²) >= 11 is 0. The quantitative estimate of drug-likeness (QED) is 0.367. The van der Waals surface area contributed by atoms with Gasteiger partial charge in [-0.05, 0) is 27.2 Å². The first-order valence-corrected chi connectivity index (χ1v) is 7.10. The van der Waals surface area contributed by atoms with Gasteiger partial charge in [0.15, 0.2) is 0 Å². The first kappa shape index (κ1) is 17.7. The number of carbonyl (C=O) groups is 2. The molecule has 1 amide bonds. The highest BCUT2D eigenvalue weighted by Crippen LogP contribution is 2.03. The molecular weight excluding hydrogens is 242 g/mol. The summed E-state index contributed by atoms with van der Waals surface area (Å²) in [4.78, 5) is 25.1. The number of amides is 1. The maximum Gasteiger partial charge on any atom is 0.307 e. The average molecular weight is 269 g/mol. The van der Waals surface area contributed by atoms with Crippen LogP contribution in [0.5, 0.6) is 0 Å². The molecule has 0 bridgehead atoms. The molecule has 0 heterocycles. The molecule has 0 aliphatic heterocycles. The Labute approximate surface area is 116 Å². The number of nitrogens with zero attached hydrogens (tertiary/aromatic N) is 1. The van der Waals surface area contributed by atoms with Gasteiger partial charge in [0, 0.05) is 19.2 Å². The van der Waals surface area contributed by atoms with Crippen LogP contribution in [0.2, 0.25) is 0 Å². The van der Waals surface area contributed by atoms with Gasteiger partial charge >= 0.3 is 5.97 Å². The van der Waals surface area contributed by atoms with Crippen LogP contribution in [0.1, 0.15) is 53.4 Å². The Morgan fingerprint density at radius 2 is 1.79 bits per heavy atom. The third-order valence-corrected chi connectivity index (χ3v) is 2.65. The number of carbonyl (C=O) groups excluding carboxylic acids is 2. The van der Waals surface area contributed by atoms with Gasteiger partial charge < -0.3 is 9.64 Å². The molecule has 0 N–H and O–H groups in total. The van der Waals surface area contributed by atoms with Gasteiger partial charge in [0.25, 0.3) is 0 Å². The summed E-state index contributed by atoms with van der Waals surface area (Å²) in [6.07, 6.45) is 5.07. The Morgan fingerprint density at radius 3 is 2.32 bits per heavy atom. The highest BCUT2D eigenvalue weighted by atomic mass is 16.5. The summed E-state index contributed by atoms with van der Waals surface area (Å²) in [5.74, 6) is -0.256. The van der Waals surface area contributed by atoms with E-state index in [0.29, 0.717) is 19.7 Å². The Hall–Kier alpha value is -1.32. The second-order valence-corrected chi connectivity index (χ2v) is 4.81. The summed E-state index contributed by atoms with van der Waals surface area (Å²) in [7, 11) is 0. The van der Waals surface area contributed by atoms with Crippen molar-refractivity contribution >= 4 is 11.9 Å². The fraction of sp³-hybridized carbons (Fsp3) is 0.733. The number of unbranched alkanes of at least 4 members (excludes halogenated alkanes) is 2. The van der Waals surface area contributed by atoms with Crippen molar-refractivity contribution in [1.82, 2.24) is 4.90 Å². The fourth-order valence-electron chi connectivity index (χ4n) is 1.68. The van der Waals surface area contributed by atoms with Crippen molar-refractivity contribution in [2.45, 2.75) is 53.4 Å². The van der Waals surface area contributed by atoms with E-state index in [-0.39, 0.29) is 18.3 Å². The Balaban J connectivity index is 4.36. The van der Waals surface area contributed by atoms with E-state index in [4.69, 9.17) is 4.74 Å².